The van der Waals surface area contributed by atoms with Crippen molar-refractivity contribution in [2.24, 2.45) is 11.3 Å². The van der Waals surface area contributed by atoms with Crippen LogP contribution < -0.4 is 0 Å². The van der Waals surface area contributed by atoms with Crippen molar-refractivity contribution in [3.05, 3.63) is 0 Å². The molecule has 2 aliphatic rings. The molecule has 1 saturated heterocycles. The summed E-state index contributed by atoms with van der Waals surface area (Å²) in [5.41, 5.74) is -0.908. The Hall–Kier alpha value is -0.570. The van der Waals surface area contributed by atoms with Crippen molar-refractivity contribution in [3.63, 3.8) is 0 Å². The van der Waals surface area contributed by atoms with Gasteiger partial charge < -0.3 is 9.84 Å². The lowest BCUT2D eigenvalue weighted by Gasteiger charge is -2.44. The maximum Gasteiger partial charge on any atom is 0.310 e. The van der Waals surface area contributed by atoms with E-state index in [-0.39, 0.29) is 17.3 Å². The number of aliphatic hydroxyl groups is 1. The number of hydrogen-bond acceptors (Lipinski definition) is 3. The molecule has 0 aromatic rings. The van der Waals surface area contributed by atoms with Gasteiger partial charge in [-0.1, -0.05) is 13.8 Å². The molecular weight excluding hydrogens is 168 g/mol. The average Bonchev–Trinajstić information content (AvgIpc) is 2.13. The van der Waals surface area contributed by atoms with Gasteiger partial charge in [-0.15, -0.1) is 0 Å². The molecule has 2 bridgehead atoms. The van der Waals surface area contributed by atoms with Crippen LogP contribution in [0.25, 0.3) is 0 Å². The van der Waals surface area contributed by atoms with Crippen molar-refractivity contribution in [3.8, 4) is 0 Å². The molecule has 0 unspecified atom stereocenters. The van der Waals surface area contributed by atoms with Crippen LogP contribution in [0.15, 0.2) is 0 Å². The molecule has 13 heavy (non-hydrogen) atoms. The van der Waals surface area contributed by atoms with Gasteiger partial charge in [0.25, 0.3) is 0 Å². The molecule has 1 heterocycles. The molecule has 0 aromatic heterocycles. The normalized spacial score (nSPS) is 47.5. The van der Waals surface area contributed by atoms with Crippen LogP contribution in [0.4, 0.5) is 0 Å². The molecule has 2 rings (SSSR count). The first kappa shape index (κ1) is 9.00. The van der Waals surface area contributed by atoms with Gasteiger partial charge in [0.05, 0.1) is 12.0 Å². The predicted molar refractivity (Wildman–Crippen MR) is 47.0 cm³/mol. The third-order valence-electron chi connectivity index (χ3n) is 4.11. The van der Waals surface area contributed by atoms with Gasteiger partial charge in [-0.2, -0.15) is 0 Å². The molecule has 0 amide bonds. The maximum atomic E-state index is 11.5. The molecule has 0 spiro atoms. The highest BCUT2D eigenvalue weighted by atomic mass is 16.6. The highest BCUT2D eigenvalue weighted by Gasteiger charge is 2.64. The van der Waals surface area contributed by atoms with Gasteiger partial charge in [0, 0.05) is 5.41 Å². The minimum Gasteiger partial charge on any atom is -0.456 e. The van der Waals surface area contributed by atoms with Gasteiger partial charge >= 0.3 is 5.97 Å². The van der Waals surface area contributed by atoms with Crippen LogP contribution in [0.1, 0.15) is 33.6 Å². The maximum absolute atomic E-state index is 11.5. The Labute approximate surface area is 78.1 Å². The first-order valence-electron chi connectivity index (χ1n) is 4.80. The molecule has 74 valence electrons. The zero-order valence-electron chi connectivity index (χ0n) is 8.33. The Morgan fingerprint density at radius 1 is 1.38 bits per heavy atom. The van der Waals surface area contributed by atoms with E-state index >= 15 is 0 Å². The minimum atomic E-state index is -0.674. The summed E-state index contributed by atoms with van der Waals surface area (Å²) in [4.78, 5) is 11.5. The van der Waals surface area contributed by atoms with Crippen LogP contribution in [0.3, 0.4) is 0 Å². The summed E-state index contributed by atoms with van der Waals surface area (Å²) in [6, 6.07) is 0. The Balaban J connectivity index is 2.46. The number of ether oxygens (including phenoxy) is 1. The number of carbonyl (C=O) groups excluding carboxylic acids is 1. The zero-order valence-corrected chi connectivity index (χ0v) is 8.33. The van der Waals surface area contributed by atoms with E-state index in [4.69, 9.17) is 4.74 Å². The molecule has 1 N–H and O–H groups in total. The van der Waals surface area contributed by atoms with E-state index < -0.39 is 11.7 Å². The first-order valence-corrected chi connectivity index (χ1v) is 4.80. The van der Waals surface area contributed by atoms with Crippen molar-refractivity contribution in [2.45, 2.75) is 45.3 Å². The number of rotatable bonds is 0. The van der Waals surface area contributed by atoms with Crippen LogP contribution in [0.5, 0.6) is 0 Å². The molecule has 1 aliphatic heterocycles. The number of hydrogen-bond donors (Lipinski definition) is 1. The van der Waals surface area contributed by atoms with Gasteiger partial charge in [-0.25, -0.2) is 0 Å². The highest BCUT2D eigenvalue weighted by molar-refractivity contribution is 5.77. The molecule has 1 aliphatic carbocycles. The third kappa shape index (κ3) is 0.857. The summed E-state index contributed by atoms with van der Waals surface area (Å²) in [7, 11) is 0. The summed E-state index contributed by atoms with van der Waals surface area (Å²) in [6.07, 6.45) is 0.920. The summed E-state index contributed by atoms with van der Waals surface area (Å²) < 4.78 is 5.31. The van der Waals surface area contributed by atoms with Gasteiger partial charge in [-0.05, 0) is 19.8 Å². The van der Waals surface area contributed by atoms with Crippen molar-refractivity contribution in [1.29, 1.82) is 0 Å². The second-order valence-electron chi connectivity index (χ2n) is 4.90. The van der Waals surface area contributed by atoms with Crippen molar-refractivity contribution < 1.29 is 14.6 Å². The fourth-order valence-electron chi connectivity index (χ4n) is 2.63. The van der Waals surface area contributed by atoms with Gasteiger partial charge in [-0.3, -0.25) is 4.79 Å². The number of aliphatic hydroxyl groups excluding tert-OH is 1. The summed E-state index contributed by atoms with van der Waals surface area (Å²) in [5, 5.41) is 9.83. The Bertz CT molecular complexity index is 259. The molecule has 3 nitrogen and oxygen atoms in total. The molecule has 3 atom stereocenters. The fraction of sp³-hybridized carbons (Fsp3) is 0.900. The SMILES string of the molecule is CC1(C)[C@H]2CC[C@@H](O)[C@@]1(C)OC2=O. The smallest absolute Gasteiger partial charge is 0.310 e. The topological polar surface area (TPSA) is 46.5 Å². The van der Waals surface area contributed by atoms with Gasteiger partial charge in [0.2, 0.25) is 0 Å². The Kier molecular flexibility index (Phi) is 1.57. The third-order valence-corrected chi connectivity index (χ3v) is 4.11. The van der Waals surface area contributed by atoms with Crippen molar-refractivity contribution in [2.75, 3.05) is 0 Å². The second kappa shape index (κ2) is 2.27. The van der Waals surface area contributed by atoms with Crippen LogP contribution in [-0.4, -0.2) is 22.8 Å². The van der Waals surface area contributed by atoms with Crippen molar-refractivity contribution in [1.82, 2.24) is 0 Å². The predicted octanol–water partition coefficient (Wildman–Crippen LogP) is 1.10. The van der Waals surface area contributed by atoms with E-state index in [2.05, 4.69) is 0 Å². The van der Waals surface area contributed by atoms with Gasteiger partial charge in [0.1, 0.15) is 5.60 Å². The lowest BCUT2D eigenvalue weighted by atomic mass is 9.61. The summed E-state index contributed by atoms with van der Waals surface area (Å²) in [5.74, 6) is -0.162. The standard InChI is InChI=1S/C10H16O3/c1-9(2)6-4-5-7(11)10(9,3)13-8(6)12/h6-7,11H,4-5H2,1-3H3/t6-,7+,10+/m0/s1. The average molecular weight is 184 g/mol. The molecular formula is C10H16O3. The van der Waals surface area contributed by atoms with E-state index in [1.165, 1.54) is 0 Å². The van der Waals surface area contributed by atoms with Crippen LogP contribution in [0.2, 0.25) is 0 Å². The molecule has 2 fully saturated rings. The summed E-state index contributed by atoms with van der Waals surface area (Å²) >= 11 is 0. The van der Waals surface area contributed by atoms with E-state index in [9.17, 15) is 9.90 Å². The lowest BCUT2D eigenvalue weighted by molar-refractivity contribution is -0.163. The monoisotopic (exact) mass is 184 g/mol. The number of fused-ring (bicyclic) bond motifs is 2. The molecule has 0 radical (unpaired) electrons. The van der Waals surface area contributed by atoms with Gasteiger partial charge in [0.15, 0.2) is 0 Å². The summed E-state index contributed by atoms with van der Waals surface area (Å²) in [6.45, 7) is 5.85. The van der Waals surface area contributed by atoms with Crippen LogP contribution in [0, 0.1) is 11.3 Å². The number of esters is 1. The second-order valence-corrected chi connectivity index (χ2v) is 4.90. The van der Waals surface area contributed by atoms with Crippen molar-refractivity contribution >= 4 is 5.97 Å². The van der Waals surface area contributed by atoms with E-state index in [0.717, 1.165) is 6.42 Å². The van der Waals surface area contributed by atoms with E-state index in [1.807, 2.05) is 20.8 Å². The molecule has 3 heteroatoms. The molecule has 0 aromatic carbocycles. The zero-order chi connectivity index (χ0) is 9.85. The quantitative estimate of drug-likeness (QED) is 0.573. The Morgan fingerprint density at radius 2 is 2.00 bits per heavy atom. The van der Waals surface area contributed by atoms with E-state index in [0.29, 0.717) is 6.42 Å². The first-order chi connectivity index (χ1) is 5.89. The van der Waals surface area contributed by atoms with Crippen LogP contribution in [-0.2, 0) is 9.53 Å². The van der Waals surface area contributed by atoms with E-state index in [1.54, 1.807) is 0 Å². The number of carbonyl (C=O) groups is 1. The highest BCUT2D eigenvalue weighted by Crippen LogP contribution is 2.55. The Morgan fingerprint density at radius 3 is 2.54 bits per heavy atom. The molecule has 1 saturated carbocycles. The van der Waals surface area contributed by atoms with Crippen LogP contribution >= 0.6 is 0 Å². The lowest BCUT2D eigenvalue weighted by Crippen LogP contribution is -2.53. The largest absolute Gasteiger partial charge is 0.456 e. The fourth-order valence-corrected chi connectivity index (χ4v) is 2.63. The minimum absolute atomic E-state index is 0.0269.